The lowest BCUT2D eigenvalue weighted by Crippen LogP contribution is -1.92. The molecular formula is C11H13P. The van der Waals surface area contributed by atoms with Gasteiger partial charge in [-0.15, -0.1) is 9.24 Å². The van der Waals surface area contributed by atoms with Crippen LogP contribution < -0.4 is 5.30 Å². The fraction of sp³-hybridized carbons (Fsp3) is 0.0909. The molecule has 0 nitrogen and oxygen atoms in total. The predicted octanol–water partition coefficient (Wildman–Crippen LogP) is 2.69. The first-order valence-corrected chi connectivity index (χ1v) is 4.47. The molecule has 12 heavy (non-hydrogen) atoms. The molecule has 0 bridgehead atoms. The molecule has 0 fully saturated rings. The van der Waals surface area contributed by atoms with E-state index in [-0.39, 0.29) is 0 Å². The second-order valence-electron chi connectivity index (χ2n) is 2.71. The SMILES string of the molecule is C=C/C=C\c1cc(P)ccc1C. The smallest absolute Gasteiger partial charge is 0.0221 e. The van der Waals surface area contributed by atoms with E-state index in [2.05, 4.69) is 47.0 Å². The summed E-state index contributed by atoms with van der Waals surface area (Å²) < 4.78 is 0. The molecule has 0 amide bonds. The lowest BCUT2D eigenvalue weighted by molar-refractivity contribution is 1.46. The highest BCUT2D eigenvalue weighted by atomic mass is 31.0. The van der Waals surface area contributed by atoms with Crippen LogP contribution in [0, 0.1) is 6.92 Å². The molecule has 1 unspecified atom stereocenters. The molecule has 0 aliphatic heterocycles. The van der Waals surface area contributed by atoms with E-state index in [0.29, 0.717) is 0 Å². The van der Waals surface area contributed by atoms with Gasteiger partial charge in [0.25, 0.3) is 0 Å². The summed E-state index contributed by atoms with van der Waals surface area (Å²) in [5, 5.41) is 1.21. The highest BCUT2D eigenvalue weighted by Crippen LogP contribution is 2.08. The second kappa shape index (κ2) is 4.23. The van der Waals surface area contributed by atoms with Gasteiger partial charge in [0.1, 0.15) is 0 Å². The topological polar surface area (TPSA) is 0 Å². The normalized spacial score (nSPS) is 10.5. The molecule has 1 heteroatoms. The number of benzene rings is 1. The average molecular weight is 176 g/mol. The van der Waals surface area contributed by atoms with Gasteiger partial charge in [0, 0.05) is 0 Å². The summed E-state index contributed by atoms with van der Waals surface area (Å²) in [6.45, 7) is 5.74. The molecule has 0 radical (unpaired) electrons. The van der Waals surface area contributed by atoms with E-state index in [4.69, 9.17) is 0 Å². The first kappa shape index (κ1) is 9.22. The second-order valence-corrected chi connectivity index (χ2v) is 3.38. The Morgan fingerprint density at radius 3 is 2.83 bits per heavy atom. The Morgan fingerprint density at radius 1 is 1.42 bits per heavy atom. The van der Waals surface area contributed by atoms with Crippen LogP contribution in [-0.2, 0) is 0 Å². The highest BCUT2D eigenvalue weighted by Gasteiger charge is 1.92. The van der Waals surface area contributed by atoms with Crippen LogP contribution in [0.25, 0.3) is 6.08 Å². The van der Waals surface area contributed by atoms with Crippen molar-refractivity contribution >= 4 is 20.6 Å². The molecule has 1 aromatic rings. The Morgan fingerprint density at radius 2 is 2.17 bits per heavy atom. The standard InChI is InChI=1S/C11H13P/c1-3-4-5-10-8-11(12)7-6-9(10)2/h3-8H,1,12H2,2H3/b5-4-. The molecule has 0 saturated carbocycles. The van der Waals surface area contributed by atoms with E-state index in [9.17, 15) is 0 Å². The molecule has 0 aromatic heterocycles. The molecule has 0 aliphatic rings. The van der Waals surface area contributed by atoms with Crippen LogP contribution in [-0.4, -0.2) is 0 Å². The van der Waals surface area contributed by atoms with Crippen molar-refractivity contribution in [1.29, 1.82) is 0 Å². The maximum Gasteiger partial charge on any atom is -0.0221 e. The summed E-state index contributed by atoms with van der Waals surface area (Å²) >= 11 is 0. The first-order chi connectivity index (χ1) is 5.74. The number of aryl methyl sites for hydroxylation is 1. The third-order valence-corrected chi connectivity index (χ3v) is 2.07. The van der Waals surface area contributed by atoms with Gasteiger partial charge in [-0.2, -0.15) is 0 Å². The molecule has 1 aromatic carbocycles. The summed E-state index contributed by atoms with van der Waals surface area (Å²) in [5.74, 6) is 0. The van der Waals surface area contributed by atoms with Crippen molar-refractivity contribution in [2.45, 2.75) is 6.92 Å². The van der Waals surface area contributed by atoms with Crippen LogP contribution in [0.15, 0.2) is 36.9 Å². The quantitative estimate of drug-likeness (QED) is 0.480. The van der Waals surface area contributed by atoms with Crippen LogP contribution >= 0.6 is 9.24 Å². The van der Waals surface area contributed by atoms with Gasteiger partial charge in [0.2, 0.25) is 0 Å². The Bertz CT molecular complexity index is 311. The van der Waals surface area contributed by atoms with E-state index in [1.54, 1.807) is 6.08 Å². The van der Waals surface area contributed by atoms with Gasteiger partial charge in [-0.25, -0.2) is 0 Å². The van der Waals surface area contributed by atoms with Gasteiger partial charge in [-0.3, -0.25) is 0 Å². The van der Waals surface area contributed by atoms with Crippen LogP contribution in [0.3, 0.4) is 0 Å². The summed E-state index contributed by atoms with van der Waals surface area (Å²) in [6.07, 6.45) is 5.80. The number of hydrogen-bond acceptors (Lipinski definition) is 0. The van der Waals surface area contributed by atoms with Crippen molar-refractivity contribution in [3.8, 4) is 0 Å². The van der Waals surface area contributed by atoms with Crippen molar-refractivity contribution in [2.75, 3.05) is 0 Å². The van der Waals surface area contributed by atoms with Crippen molar-refractivity contribution in [3.63, 3.8) is 0 Å². The Labute approximate surface area is 76.2 Å². The van der Waals surface area contributed by atoms with Crippen molar-refractivity contribution in [3.05, 3.63) is 48.1 Å². The summed E-state index contributed by atoms with van der Waals surface area (Å²) in [6, 6.07) is 6.34. The van der Waals surface area contributed by atoms with Crippen molar-refractivity contribution < 1.29 is 0 Å². The lowest BCUT2D eigenvalue weighted by atomic mass is 10.1. The minimum atomic E-state index is 1.21. The molecular weight excluding hydrogens is 163 g/mol. The summed E-state index contributed by atoms with van der Waals surface area (Å²) in [4.78, 5) is 0. The molecule has 1 atom stereocenters. The molecule has 0 N–H and O–H groups in total. The molecule has 1 rings (SSSR count). The van der Waals surface area contributed by atoms with Gasteiger partial charge in [0.05, 0.1) is 0 Å². The highest BCUT2D eigenvalue weighted by molar-refractivity contribution is 7.27. The molecule has 0 aliphatic carbocycles. The van der Waals surface area contributed by atoms with E-state index in [1.807, 2.05) is 6.08 Å². The van der Waals surface area contributed by atoms with Crippen molar-refractivity contribution in [1.82, 2.24) is 0 Å². The minimum absolute atomic E-state index is 1.21. The van der Waals surface area contributed by atoms with Gasteiger partial charge in [-0.05, 0) is 29.4 Å². The van der Waals surface area contributed by atoms with Crippen molar-refractivity contribution in [2.24, 2.45) is 0 Å². The zero-order valence-corrected chi connectivity index (χ0v) is 8.40. The third-order valence-electron chi connectivity index (χ3n) is 1.72. The monoisotopic (exact) mass is 176 g/mol. The maximum absolute atomic E-state index is 3.64. The number of allylic oxidation sites excluding steroid dienone is 2. The third kappa shape index (κ3) is 2.32. The Hall–Kier alpha value is -0.870. The summed E-state index contributed by atoms with van der Waals surface area (Å²) in [7, 11) is 2.69. The van der Waals surface area contributed by atoms with E-state index in [1.165, 1.54) is 16.4 Å². The number of hydrogen-bond donors (Lipinski definition) is 0. The van der Waals surface area contributed by atoms with Gasteiger partial charge in [0.15, 0.2) is 0 Å². The average Bonchev–Trinajstić information content (AvgIpc) is 2.07. The van der Waals surface area contributed by atoms with Crippen LogP contribution in [0.5, 0.6) is 0 Å². The van der Waals surface area contributed by atoms with Gasteiger partial charge >= 0.3 is 0 Å². The minimum Gasteiger partial charge on any atom is -0.106 e. The lowest BCUT2D eigenvalue weighted by Gasteiger charge is -2.00. The Balaban J connectivity index is 3.04. The van der Waals surface area contributed by atoms with E-state index < -0.39 is 0 Å². The summed E-state index contributed by atoms with van der Waals surface area (Å²) in [5.41, 5.74) is 2.54. The van der Waals surface area contributed by atoms with Gasteiger partial charge < -0.3 is 0 Å². The molecule has 0 spiro atoms. The molecule has 0 saturated heterocycles. The zero-order valence-electron chi connectivity index (χ0n) is 7.25. The Kier molecular flexibility index (Phi) is 3.25. The van der Waals surface area contributed by atoms with Crippen LogP contribution in [0.1, 0.15) is 11.1 Å². The van der Waals surface area contributed by atoms with Crippen LogP contribution in [0.4, 0.5) is 0 Å². The fourth-order valence-corrected chi connectivity index (χ4v) is 1.29. The van der Waals surface area contributed by atoms with E-state index in [0.717, 1.165) is 0 Å². The fourth-order valence-electron chi connectivity index (χ4n) is 1.01. The molecule has 62 valence electrons. The van der Waals surface area contributed by atoms with Gasteiger partial charge in [-0.1, -0.05) is 36.9 Å². The van der Waals surface area contributed by atoms with E-state index >= 15 is 0 Å². The largest absolute Gasteiger partial charge is 0.106 e. The first-order valence-electron chi connectivity index (χ1n) is 3.89. The number of rotatable bonds is 2. The molecule has 0 heterocycles. The van der Waals surface area contributed by atoms with Crippen LogP contribution in [0.2, 0.25) is 0 Å². The predicted molar refractivity (Wildman–Crippen MR) is 59.8 cm³/mol. The maximum atomic E-state index is 3.64. The zero-order chi connectivity index (χ0) is 8.97.